The minimum Gasteiger partial charge on any atom is -0.463 e. The quantitative estimate of drug-likeness (QED) is 0.722. The predicted octanol–water partition coefficient (Wildman–Crippen LogP) is 2.64. The summed E-state index contributed by atoms with van der Waals surface area (Å²) in [7, 11) is 0. The zero-order valence-corrected chi connectivity index (χ0v) is 7.95. The molecule has 66 valence electrons. The minimum atomic E-state index is -0.516. The van der Waals surface area contributed by atoms with Gasteiger partial charge in [0.15, 0.2) is 11.6 Å². The molecule has 0 aliphatic carbocycles. The fraction of sp³-hybridized carbons (Fsp3) is 0. The third kappa shape index (κ3) is 1.47. The number of nitrogens with zero attached hydrogens (tertiary/aromatic N) is 2. The van der Waals surface area contributed by atoms with Gasteiger partial charge in [-0.1, -0.05) is 0 Å². The molecule has 0 unspecified atom stereocenters. The summed E-state index contributed by atoms with van der Waals surface area (Å²) in [4.78, 5) is 7.41. The van der Waals surface area contributed by atoms with Gasteiger partial charge in [0.1, 0.15) is 16.6 Å². The highest BCUT2D eigenvalue weighted by atomic mass is 79.9. The Morgan fingerprint density at radius 2 is 2.23 bits per heavy atom. The van der Waals surface area contributed by atoms with Gasteiger partial charge in [0.25, 0.3) is 0 Å². The van der Waals surface area contributed by atoms with Crippen LogP contribution in [0.3, 0.4) is 0 Å². The number of rotatable bonds is 1. The summed E-state index contributed by atoms with van der Waals surface area (Å²) in [6.45, 7) is 0. The van der Waals surface area contributed by atoms with E-state index < -0.39 is 5.82 Å². The van der Waals surface area contributed by atoms with Gasteiger partial charge in [-0.15, -0.1) is 0 Å². The van der Waals surface area contributed by atoms with Gasteiger partial charge >= 0.3 is 0 Å². The first kappa shape index (κ1) is 8.37. The molecular weight excluding hydrogens is 239 g/mol. The molecule has 0 radical (unpaired) electrons. The Bertz CT molecular complexity index is 416. The van der Waals surface area contributed by atoms with Crippen molar-refractivity contribution in [1.29, 1.82) is 0 Å². The Kier molecular flexibility index (Phi) is 2.10. The van der Waals surface area contributed by atoms with Gasteiger partial charge < -0.3 is 4.42 Å². The Balaban J connectivity index is 2.59. The molecule has 2 rings (SSSR count). The molecule has 5 heteroatoms. The molecule has 0 N–H and O–H groups in total. The molecule has 3 nitrogen and oxygen atoms in total. The lowest BCUT2D eigenvalue weighted by atomic mass is 10.3. The van der Waals surface area contributed by atoms with E-state index in [1.54, 1.807) is 12.1 Å². The summed E-state index contributed by atoms with van der Waals surface area (Å²) in [5.74, 6) is -0.127. The Morgan fingerprint density at radius 1 is 1.38 bits per heavy atom. The van der Waals surface area contributed by atoms with Gasteiger partial charge in [0.05, 0.1) is 6.26 Å². The van der Waals surface area contributed by atoms with E-state index in [2.05, 4.69) is 25.9 Å². The lowest BCUT2D eigenvalue weighted by Gasteiger charge is -1.98. The third-order valence-electron chi connectivity index (χ3n) is 1.50. The Labute approximate surface area is 81.8 Å². The number of furan rings is 1. The zero-order valence-electron chi connectivity index (χ0n) is 6.37. The third-order valence-corrected chi connectivity index (χ3v) is 2.05. The van der Waals surface area contributed by atoms with Crippen molar-refractivity contribution in [3.8, 4) is 11.5 Å². The molecule has 0 saturated carbocycles. The Hall–Kier alpha value is -1.23. The van der Waals surface area contributed by atoms with Gasteiger partial charge in [-0.05, 0) is 28.1 Å². The largest absolute Gasteiger partial charge is 0.463 e. The van der Waals surface area contributed by atoms with Crippen LogP contribution in [0, 0.1) is 5.82 Å². The second-order valence-electron chi connectivity index (χ2n) is 2.30. The molecule has 13 heavy (non-hydrogen) atoms. The molecular formula is C8H4BrFN2O. The second kappa shape index (κ2) is 3.26. The summed E-state index contributed by atoms with van der Waals surface area (Å²) in [6.07, 6.45) is 2.73. The maximum Gasteiger partial charge on any atom is 0.185 e. The average Bonchev–Trinajstić information content (AvgIpc) is 2.62. The van der Waals surface area contributed by atoms with E-state index in [1.165, 1.54) is 12.6 Å². The molecule has 0 bridgehead atoms. The van der Waals surface area contributed by atoms with Crippen LogP contribution < -0.4 is 0 Å². The van der Waals surface area contributed by atoms with E-state index in [9.17, 15) is 4.39 Å². The highest BCUT2D eigenvalue weighted by Crippen LogP contribution is 2.23. The smallest absolute Gasteiger partial charge is 0.185 e. The molecule has 0 amide bonds. The molecule has 0 spiro atoms. The van der Waals surface area contributed by atoms with Gasteiger partial charge in [0.2, 0.25) is 0 Å². The van der Waals surface area contributed by atoms with Crippen LogP contribution in [0.15, 0.2) is 33.7 Å². The first-order valence-electron chi connectivity index (χ1n) is 3.49. The Morgan fingerprint density at radius 3 is 2.92 bits per heavy atom. The minimum absolute atomic E-state index is 0.133. The fourth-order valence-electron chi connectivity index (χ4n) is 0.933. The van der Waals surface area contributed by atoms with Crippen molar-refractivity contribution in [2.24, 2.45) is 0 Å². The van der Waals surface area contributed by atoms with Gasteiger partial charge in [-0.25, -0.2) is 14.4 Å². The number of hydrogen-bond acceptors (Lipinski definition) is 3. The molecule has 2 heterocycles. The fourth-order valence-corrected chi connectivity index (χ4v) is 1.21. The first-order valence-corrected chi connectivity index (χ1v) is 4.28. The van der Waals surface area contributed by atoms with Crippen LogP contribution in [0.5, 0.6) is 0 Å². The van der Waals surface area contributed by atoms with E-state index in [1.807, 2.05) is 0 Å². The summed E-state index contributed by atoms with van der Waals surface area (Å²) < 4.78 is 18.5. The van der Waals surface area contributed by atoms with E-state index in [-0.39, 0.29) is 10.3 Å². The molecule has 2 aromatic heterocycles. The zero-order chi connectivity index (χ0) is 9.26. The van der Waals surface area contributed by atoms with Crippen LogP contribution in [-0.4, -0.2) is 9.97 Å². The highest BCUT2D eigenvalue weighted by molar-refractivity contribution is 9.10. The van der Waals surface area contributed by atoms with Crippen molar-refractivity contribution in [2.45, 2.75) is 0 Å². The number of aromatic nitrogens is 2. The lowest BCUT2D eigenvalue weighted by Crippen LogP contribution is -1.91. The van der Waals surface area contributed by atoms with Crippen molar-refractivity contribution < 1.29 is 8.81 Å². The summed E-state index contributed by atoms with van der Waals surface area (Å²) in [5.41, 5.74) is 0.159. The van der Waals surface area contributed by atoms with E-state index >= 15 is 0 Å². The summed E-state index contributed by atoms with van der Waals surface area (Å²) in [5, 5.41) is 0. The maximum atomic E-state index is 13.3. The van der Waals surface area contributed by atoms with Crippen LogP contribution >= 0.6 is 15.9 Å². The van der Waals surface area contributed by atoms with Crippen molar-refractivity contribution in [3.05, 3.63) is 35.1 Å². The molecule has 0 atom stereocenters. The van der Waals surface area contributed by atoms with Crippen molar-refractivity contribution in [2.75, 3.05) is 0 Å². The van der Waals surface area contributed by atoms with Crippen molar-refractivity contribution in [3.63, 3.8) is 0 Å². The lowest BCUT2D eigenvalue weighted by molar-refractivity contribution is 0.559. The van der Waals surface area contributed by atoms with Crippen LogP contribution in [0.1, 0.15) is 0 Å². The maximum absolute atomic E-state index is 13.3. The van der Waals surface area contributed by atoms with Crippen LogP contribution in [0.4, 0.5) is 4.39 Å². The van der Waals surface area contributed by atoms with Crippen molar-refractivity contribution >= 4 is 15.9 Å². The normalized spacial score (nSPS) is 10.3. The molecule has 0 aliphatic heterocycles. The van der Waals surface area contributed by atoms with Gasteiger partial charge in [-0.3, -0.25) is 0 Å². The second-order valence-corrected chi connectivity index (χ2v) is 3.06. The van der Waals surface area contributed by atoms with Crippen LogP contribution in [-0.2, 0) is 0 Å². The van der Waals surface area contributed by atoms with E-state index in [0.29, 0.717) is 5.76 Å². The number of hydrogen-bond donors (Lipinski definition) is 0. The average molecular weight is 243 g/mol. The molecule has 2 aromatic rings. The summed E-state index contributed by atoms with van der Waals surface area (Å²) >= 11 is 2.96. The monoisotopic (exact) mass is 242 g/mol. The molecule has 0 aromatic carbocycles. The van der Waals surface area contributed by atoms with E-state index in [0.717, 1.165) is 0 Å². The van der Waals surface area contributed by atoms with Crippen LogP contribution in [0.2, 0.25) is 0 Å². The van der Waals surface area contributed by atoms with Gasteiger partial charge in [-0.2, -0.15) is 0 Å². The highest BCUT2D eigenvalue weighted by Gasteiger charge is 2.12. The van der Waals surface area contributed by atoms with Crippen LogP contribution in [0.25, 0.3) is 11.5 Å². The van der Waals surface area contributed by atoms with E-state index in [4.69, 9.17) is 4.42 Å². The molecule has 0 fully saturated rings. The van der Waals surface area contributed by atoms with Gasteiger partial charge in [0, 0.05) is 0 Å². The summed E-state index contributed by atoms with van der Waals surface area (Å²) in [6, 6.07) is 3.31. The predicted molar refractivity (Wildman–Crippen MR) is 47.4 cm³/mol. The standard InChI is InChI=1S/C8H4BrFN2O/c9-8-6(10)7(11-4-12-8)5-2-1-3-13-5/h1-4H. The SMILES string of the molecule is Fc1c(Br)ncnc1-c1ccco1. The first-order chi connectivity index (χ1) is 6.29. The van der Waals surface area contributed by atoms with Crippen molar-refractivity contribution in [1.82, 2.24) is 9.97 Å². The molecule has 0 aliphatic rings. The number of halogens is 2. The topological polar surface area (TPSA) is 38.9 Å². The molecule has 0 saturated heterocycles.